The number of amides is 1. The van der Waals surface area contributed by atoms with Crippen LogP contribution in [0.5, 0.6) is 0 Å². The molecule has 3 rings (SSSR count). The van der Waals surface area contributed by atoms with Crippen LogP contribution in [0, 0.1) is 5.92 Å². The van der Waals surface area contributed by atoms with Crippen molar-refractivity contribution < 1.29 is 4.79 Å². The van der Waals surface area contributed by atoms with E-state index >= 15 is 0 Å². The maximum absolute atomic E-state index is 12.0. The van der Waals surface area contributed by atoms with Crippen molar-refractivity contribution >= 4 is 17.7 Å². The van der Waals surface area contributed by atoms with E-state index in [-0.39, 0.29) is 5.91 Å². The second-order valence-corrected chi connectivity index (χ2v) is 6.51. The highest BCUT2D eigenvalue weighted by molar-refractivity contribution is 7.99. The minimum Gasteiger partial charge on any atom is -0.368 e. The van der Waals surface area contributed by atoms with Crippen molar-refractivity contribution in [2.24, 2.45) is 11.7 Å². The Morgan fingerprint density at radius 1 is 1.50 bits per heavy atom. The van der Waals surface area contributed by atoms with Gasteiger partial charge in [0, 0.05) is 5.75 Å². The Labute approximate surface area is 122 Å². The average molecular weight is 296 g/mol. The van der Waals surface area contributed by atoms with E-state index in [4.69, 9.17) is 5.73 Å². The Hall–Kier alpha value is -1.15. The molecule has 0 aliphatic heterocycles. The molecule has 0 saturated heterocycles. The van der Waals surface area contributed by atoms with Gasteiger partial charge in [-0.05, 0) is 48.6 Å². The summed E-state index contributed by atoms with van der Waals surface area (Å²) >= 11 is 1.53. The van der Waals surface area contributed by atoms with Crippen molar-refractivity contribution in [3.63, 3.8) is 0 Å². The van der Waals surface area contributed by atoms with Gasteiger partial charge in [-0.15, -0.1) is 5.10 Å². The van der Waals surface area contributed by atoms with E-state index in [0.717, 1.165) is 37.4 Å². The van der Waals surface area contributed by atoms with Gasteiger partial charge < -0.3 is 11.1 Å². The van der Waals surface area contributed by atoms with Gasteiger partial charge in [0.1, 0.15) is 5.54 Å². The quantitative estimate of drug-likeness (QED) is 0.671. The van der Waals surface area contributed by atoms with Crippen LogP contribution in [0.3, 0.4) is 0 Å². The minimum atomic E-state index is -0.625. The number of carbonyl (C=O) groups is 1. The molecule has 1 aromatic heterocycles. The van der Waals surface area contributed by atoms with E-state index in [1.54, 1.807) is 0 Å². The van der Waals surface area contributed by atoms with Crippen LogP contribution in [0.4, 0.5) is 0 Å². The van der Waals surface area contributed by atoms with Crippen LogP contribution in [0.2, 0.25) is 0 Å². The number of nitrogens with zero attached hydrogens (tertiary/aromatic N) is 4. The van der Waals surface area contributed by atoms with Crippen molar-refractivity contribution in [1.82, 2.24) is 25.5 Å². The molecule has 20 heavy (non-hydrogen) atoms. The molecule has 0 spiro atoms. The van der Waals surface area contributed by atoms with Crippen LogP contribution in [-0.4, -0.2) is 44.0 Å². The number of primary amides is 1. The highest BCUT2D eigenvalue weighted by atomic mass is 32.2. The molecular weight excluding hydrogens is 276 g/mol. The maximum Gasteiger partial charge on any atom is 0.238 e. The van der Waals surface area contributed by atoms with Crippen LogP contribution in [0.15, 0.2) is 5.16 Å². The van der Waals surface area contributed by atoms with Crippen molar-refractivity contribution in [3.05, 3.63) is 0 Å². The largest absolute Gasteiger partial charge is 0.368 e. The molecule has 0 bridgehead atoms. The predicted molar refractivity (Wildman–Crippen MR) is 75.1 cm³/mol. The fourth-order valence-corrected chi connectivity index (χ4v) is 3.82. The normalized spacial score (nSPS) is 21.6. The Morgan fingerprint density at radius 2 is 2.25 bits per heavy atom. The van der Waals surface area contributed by atoms with Crippen LogP contribution < -0.4 is 11.1 Å². The summed E-state index contributed by atoms with van der Waals surface area (Å²) < 4.78 is 1.87. The van der Waals surface area contributed by atoms with Gasteiger partial charge in [0.05, 0.1) is 6.04 Å². The van der Waals surface area contributed by atoms with Gasteiger partial charge in [-0.3, -0.25) is 4.79 Å². The summed E-state index contributed by atoms with van der Waals surface area (Å²) in [5.41, 5.74) is 5.05. The zero-order chi connectivity index (χ0) is 14.2. The predicted octanol–water partition coefficient (Wildman–Crippen LogP) is 0.344. The molecule has 1 aromatic rings. The van der Waals surface area contributed by atoms with Gasteiger partial charge in [0.15, 0.2) is 0 Å². The number of thioether (sulfide) groups is 1. The van der Waals surface area contributed by atoms with Gasteiger partial charge in [0.2, 0.25) is 11.1 Å². The van der Waals surface area contributed by atoms with E-state index in [9.17, 15) is 4.79 Å². The number of hydrogen-bond acceptors (Lipinski definition) is 6. The second-order valence-electron chi connectivity index (χ2n) is 5.57. The summed E-state index contributed by atoms with van der Waals surface area (Å²) in [4.78, 5) is 12.0. The first kappa shape index (κ1) is 13.8. The van der Waals surface area contributed by atoms with Crippen LogP contribution >= 0.6 is 11.8 Å². The lowest BCUT2D eigenvalue weighted by Crippen LogP contribution is -2.59. The number of rotatable bonds is 8. The van der Waals surface area contributed by atoms with Crippen molar-refractivity contribution in [1.29, 1.82) is 0 Å². The van der Waals surface area contributed by atoms with Crippen molar-refractivity contribution in [2.75, 3.05) is 12.3 Å². The molecule has 1 atom stereocenters. The third kappa shape index (κ3) is 2.54. The van der Waals surface area contributed by atoms with Gasteiger partial charge in [0.25, 0.3) is 0 Å². The van der Waals surface area contributed by atoms with E-state index in [0.29, 0.717) is 17.7 Å². The molecule has 7 nitrogen and oxygen atoms in total. The SMILES string of the molecule is CCNC(CSc1nnnn1C1CC1)(C(N)=O)C1CC1. The fraction of sp³-hybridized carbons (Fsp3) is 0.833. The van der Waals surface area contributed by atoms with E-state index in [1.807, 2.05) is 11.6 Å². The smallest absolute Gasteiger partial charge is 0.238 e. The lowest BCUT2D eigenvalue weighted by Gasteiger charge is -2.31. The Morgan fingerprint density at radius 3 is 2.80 bits per heavy atom. The summed E-state index contributed by atoms with van der Waals surface area (Å²) in [5.74, 6) is 0.672. The zero-order valence-electron chi connectivity index (χ0n) is 11.6. The number of nitrogens with one attached hydrogen (secondary N) is 1. The van der Waals surface area contributed by atoms with Crippen LogP contribution in [0.1, 0.15) is 38.6 Å². The van der Waals surface area contributed by atoms with E-state index in [1.165, 1.54) is 11.8 Å². The third-order valence-corrected chi connectivity index (χ3v) is 5.12. The number of hydrogen-bond donors (Lipinski definition) is 2. The first-order valence-electron chi connectivity index (χ1n) is 7.13. The molecule has 8 heteroatoms. The molecule has 1 amide bonds. The van der Waals surface area contributed by atoms with Gasteiger partial charge in [-0.2, -0.15) is 0 Å². The van der Waals surface area contributed by atoms with Crippen LogP contribution in [0.25, 0.3) is 0 Å². The summed E-state index contributed by atoms with van der Waals surface area (Å²) in [5, 5.41) is 15.9. The Bertz CT molecular complexity index is 498. The van der Waals surface area contributed by atoms with E-state index < -0.39 is 5.54 Å². The topological polar surface area (TPSA) is 98.7 Å². The maximum atomic E-state index is 12.0. The van der Waals surface area contributed by atoms with Crippen molar-refractivity contribution in [3.8, 4) is 0 Å². The fourth-order valence-electron chi connectivity index (χ4n) is 2.57. The molecule has 3 N–H and O–H groups in total. The van der Waals surface area contributed by atoms with Crippen molar-refractivity contribution in [2.45, 2.75) is 49.3 Å². The lowest BCUT2D eigenvalue weighted by atomic mass is 9.94. The number of tetrazole rings is 1. The van der Waals surface area contributed by atoms with Gasteiger partial charge in [-0.1, -0.05) is 18.7 Å². The monoisotopic (exact) mass is 296 g/mol. The molecule has 2 fully saturated rings. The molecule has 2 saturated carbocycles. The third-order valence-electron chi connectivity index (χ3n) is 3.99. The molecule has 1 heterocycles. The molecule has 2 aliphatic carbocycles. The molecule has 2 aliphatic rings. The van der Waals surface area contributed by atoms with E-state index in [2.05, 4.69) is 20.8 Å². The number of nitrogens with two attached hydrogens (primary N) is 1. The zero-order valence-corrected chi connectivity index (χ0v) is 12.4. The van der Waals surface area contributed by atoms with Crippen LogP contribution in [-0.2, 0) is 4.79 Å². The van der Waals surface area contributed by atoms with Gasteiger partial charge in [-0.25, -0.2) is 4.68 Å². The molecule has 110 valence electrons. The van der Waals surface area contributed by atoms with Gasteiger partial charge >= 0.3 is 0 Å². The number of carbonyl (C=O) groups excluding carboxylic acids is 1. The summed E-state index contributed by atoms with van der Waals surface area (Å²) in [6.07, 6.45) is 4.39. The highest BCUT2D eigenvalue weighted by Crippen LogP contribution is 2.43. The summed E-state index contributed by atoms with van der Waals surface area (Å²) in [6.45, 7) is 2.73. The molecule has 1 unspecified atom stereocenters. The number of likely N-dealkylation sites (N-methyl/N-ethyl adjacent to an activating group) is 1. The minimum absolute atomic E-state index is 0.264. The molecular formula is C12H20N6OS. The summed E-state index contributed by atoms with van der Waals surface area (Å²) in [6, 6.07) is 0.440. The molecule has 0 aromatic carbocycles. The first-order chi connectivity index (χ1) is 9.67. The summed E-state index contributed by atoms with van der Waals surface area (Å²) in [7, 11) is 0. The molecule has 0 radical (unpaired) electrons. The lowest BCUT2D eigenvalue weighted by molar-refractivity contribution is -0.124. The second kappa shape index (κ2) is 5.33. The average Bonchev–Trinajstić information content (AvgIpc) is 3.33. The highest BCUT2D eigenvalue weighted by Gasteiger charge is 2.49. The standard InChI is InChI=1S/C12H20N6OS/c1-2-14-12(10(13)19,8-3-4-8)7-20-11-15-16-17-18(11)9-5-6-9/h8-9,14H,2-7H2,1H3,(H2,13,19). The Kier molecular flexibility index (Phi) is 3.68. The number of aromatic nitrogens is 4. The Balaban J connectivity index is 1.72. The first-order valence-corrected chi connectivity index (χ1v) is 8.11.